The summed E-state index contributed by atoms with van der Waals surface area (Å²) in [5.74, 6) is 1.12. The van der Waals surface area contributed by atoms with Gasteiger partial charge in [-0.2, -0.15) is 5.10 Å². The summed E-state index contributed by atoms with van der Waals surface area (Å²) in [7, 11) is 3.15. The largest absolute Gasteiger partial charge is 0.493 e. The zero-order valence-corrected chi connectivity index (χ0v) is 20.5. The van der Waals surface area contributed by atoms with E-state index in [1.165, 1.54) is 5.56 Å². The maximum absolute atomic E-state index is 12.7. The van der Waals surface area contributed by atoms with Gasteiger partial charge in [0.1, 0.15) is 0 Å². The van der Waals surface area contributed by atoms with Crippen molar-refractivity contribution in [3.8, 4) is 17.2 Å². The van der Waals surface area contributed by atoms with Crippen LogP contribution in [0.1, 0.15) is 34.5 Å². The van der Waals surface area contributed by atoms with E-state index in [9.17, 15) is 4.79 Å². The summed E-state index contributed by atoms with van der Waals surface area (Å²) in [4.78, 5) is 17.6. The van der Waals surface area contributed by atoms with Crippen molar-refractivity contribution in [1.82, 2.24) is 14.8 Å². The third kappa shape index (κ3) is 4.46. The molecule has 0 aliphatic rings. The predicted octanol–water partition coefficient (Wildman–Crippen LogP) is 5.24. The minimum atomic E-state index is -0.0711. The summed E-state index contributed by atoms with van der Waals surface area (Å²) in [6.45, 7) is 8.16. The molecular formula is C27H30N4O3. The smallest absolute Gasteiger partial charge is 0.224 e. The van der Waals surface area contributed by atoms with Crippen molar-refractivity contribution in [1.29, 1.82) is 0 Å². The van der Waals surface area contributed by atoms with Crippen LogP contribution in [0, 0.1) is 27.7 Å². The van der Waals surface area contributed by atoms with Gasteiger partial charge in [0.15, 0.2) is 17.1 Å². The number of pyridine rings is 1. The molecule has 34 heavy (non-hydrogen) atoms. The molecule has 0 saturated heterocycles. The van der Waals surface area contributed by atoms with E-state index < -0.39 is 0 Å². The van der Waals surface area contributed by atoms with Crippen molar-refractivity contribution < 1.29 is 14.3 Å². The first-order valence-electron chi connectivity index (χ1n) is 11.3. The van der Waals surface area contributed by atoms with E-state index in [1.54, 1.807) is 32.4 Å². The van der Waals surface area contributed by atoms with Crippen molar-refractivity contribution in [2.75, 3.05) is 19.5 Å². The van der Waals surface area contributed by atoms with Crippen molar-refractivity contribution >= 4 is 22.6 Å². The SMILES string of the molecule is COc1ccc(NC(=O)CCc2c(C)nc3c(c(C)nn3-c3ccc(C)cc3)c2C)cc1OC. The van der Waals surface area contributed by atoms with Gasteiger partial charge in [-0.3, -0.25) is 4.79 Å². The summed E-state index contributed by atoms with van der Waals surface area (Å²) in [6, 6.07) is 13.6. The first-order chi connectivity index (χ1) is 16.3. The normalized spacial score (nSPS) is 11.0. The number of anilines is 1. The molecule has 0 unspecified atom stereocenters. The number of benzene rings is 2. The summed E-state index contributed by atoms with van der Waals surface area (Å²) < 4.78 is 12.5. The number of methoxy groups -OCH3 is 2. The lowest BCUT2D eigenvalue weighted by Gasteiger charge is -2.13. The Hall–Kier alpha value is -3.87. The molecule has 7 nitrogen and oxygen atoms in total. The van der Waals surface area contributed by atoms with Gasteiger partial charge < -0.3 is 14.8 Å². The number of hydrogen-bond donors (Lipinski definition) is 1. The zero-order valence-electron chi connectivity index (χ0n) is 20.5. The first-order valence-corrected chi connectivity index (χ1v) is 11.3. The van der Waals surface area contributed by atoms with Crippen LogP contribution >= 0.6 is 0 Å². The fourth-order valence-electron chi connectivity index (χ4n) is 4.32. The lowest BCUT2D eigenvalue weighted by atomic mass is 9.99. The van der Waals surface area contributed by atoms with E-state index >= 15 is 0 Å². The van der Waals surface area contributed by atoms with Crippen LogP contribution in [0.25, 0.3) is 16.7 Å². The minimum Gasteiger partial charge on any atom is -0.493 e. The van der Waals surface area contributed by atoms with Gasteiger partial charge >= 0.3 is 0 Å². The second-order valence-corrected chi connectivity index (χ2v) is 8.45. The van der Waals surface area contributed by atoms with Gasteiger partial charge in [-0.15, -0.1) is 0 Å². The van der Waals surface area contributed by atoms with E-state index in [1.807, 2.05) is 18.5 Å². The molecule has 2 aromatic carbocycles. The van der Waals surface area contributed by atoms with E-state index in [4.69, 9.17) is 19.6 Å². The highest BCUT2D eigenvalue weighted by molar-refractivity contribution is 5.91. The molecule has 0 radical (unpaired) electrons. The number of carbonyl (C=O) groups excluding carboxylic acids is 1. The molecule has 0 spiro atoms. The van der Waals surface area contributed by atoms with Crippen molar-refractivity contribution in [3.05, 3.63) is 70.5 Å². The fourth-order valence-corrected chi connectivity index (χ4v) is 4.32. The summed E-state index contributed by atoms with van der Waals surface area (Å²) in [5, 5.41) is 8.75. The Labute approximate surface area is 199 Å². The number of aromatic nitrogens is 3. The van der Waals surface area contributed by atoms with E-state index in [0.717, 1.165) is 39.2 Å². The first kappa shape index (κ1) is 23.3. The molecular weight excluding hydrogens is 428 g/mol. The predicted molar refractivity (Wildman–Crippen MR) is 134 cm³/mol. The molecule has 7 heteroatoms. The van der Waals surface area contributed by atoms with Gasteiger partial charge in [0, 0.05) is 29.3 Å². The molecule has 2 heterocycles. The van der Waals surface area contributed by atoms with Gasteiger partial charge in [-0.05, 0) is 69.5 Å². The monoisotopic (exact) mass is 458 g/mol. The Balaban J connectivity index is 1.56. The fraction of sp³-hybridized carbons (Fsp3) is 0.296. The Bertz CT molecular complexity index is 1360. The molecule has 0 saturated carbocycles. The number of rotatable bonds is 7. The summed E-state index contributed by atoms with van der Waals surface area (Å²) in [5.41, 5.74) is 7.74. The molecule has 4 aromatic rings. The zero-order chi connectivity index (χ0) is 24.4. The van der Waals surface area contributed by atoms with Crippen LogP contribution in [0.15, 0.2) is 42.5 Å². The van der Waals surface area contributed by atoms with Crippen LogP contribution in [0.4, 0.5) is 5.69 Å². The average molecular weight is 459 g/mol. The molecule has 176 valence electrons. The average Bonchev–Trinajstić information content (AvgIpc) is 3.15. The number of ether oxygens (including phenoxy) is 2. The van der Waals surface area contributed by atoms with E-state index in [2.05, 4.69) is 43.4 Å². The van der Waals surface area contributed by atoms with Gasteiger partial charge in [0.2, 0.25) is 5.91 Å². The molecule has 0 aliphatic carbocycles. The number of carbonyl (C=O) groups is 1. The Morgan fingerprint density at radius 2 is 1.65 bits per heavy atom. The number of hydrogen-bond acceptors (Lipinski definition) is 5. The van der Waals surface area contributed by atoms with E-state index in [0.29, 0.717) is 30.0 Å². The van der Waals surface area contributed by atoms with Crippen molar-refractivity contribution in [2.24, 2.45) is 0 Å². The van der Waals surface area contributed by atoms with Crippen LogP contribution < -0.4 is 14.8 Å². The topological polar surface area (TPSA) is 78.3 Å². The summed E-state index contributed by atoms with van der Waals surface area (Å²) in [6.07, 6.45) is 0.934. The Kier molecular flexibility index (Phi) is 6.54. The molecule has 4 rings (SSSR count). The Morgan fingerprint density at radius 1 is 0.941 bits per heavy atom. The lowest BCUT2D eigenvalue weighted by molar-refractivity contribution is -0.116. The summed E-state index contributed by atoms with van der Waals surface area (Å²) >= 11 is 0. The van der Waals surface area contributed by atoms with Crippen molar-refractivity contribution in [3.63, 3.8) is 0 Å². The van der Waals surface area contributed by atoms with Crippen LogP contribution in [-0.4, -0.2) is 34.9 Å². The number of amides is 1. The van der Waals surface area contributed by atoms with Crippen LogP contribution in [0.5, 0.6) is 11.5 Å². The Morgan fingerprint density at radius 3 is 2.32 bits per heavy atom. The second kappa shape index (κ2) is 9.55. The molecule has 1 amide bonds. The molecule has 1 N–H and O–H groups in total. The third-order valence-corrected chi connectivity index (χ3v) is 6.12. The lowest BCUT2D eigenvalue weighted by Crippen LogP contribution is -2.13. The van der Waals surface area contributed by atoms with Gasteiger partial charge in [0.05, 0.1) is 25.6 Å². The molecule has 0 atom stereocenters. The van der Waals surface area contributed by atoms with E-state index in [-0.39, 0.29) is 5.91 Å². The molecule has 0 bridgehead atoms. The van der Waals surface area contributed by atoms with Crippen LogP contribution in [0.3, 0.4) is 0 Å². The number of aryl methyl sites for hydroxylation is 4. The molecule has 2 aromatic heterocycles. The van der Waals surface area contributed by atoms with Crippen LogP contribution in [0.2, 0.25) is 0 Å². The van der Waals surface area contributed by atoms with Gasteiger partial charge in [-0.1, -0.05) is 17.7 Å². The molecule has 0 aliphatic heterocycles. The number of fused-ring (bicyclic) bond motifs is 1. The van der Waals surface area contributed by atoms with Crippen LogP contribution in [-0.2, 0) is 11.2 Å². The highest BCUT2D eigenvalue weighted by atomic mass is 16.5. The van der Waals surface area contributed by atoms with Gasteiger partial charge in [-0.25, -0.2) is 9.67 Å². The minimum absolute atomic E-state index is 0.0711. The highest BCUT2D eigenvalue weighted by Crippen LogP contribution is 2.31. The highest BCUT2D eigenvalue weighted by Gasteiger charge is 2.18. The standard InChI is InChI=1S/C27H30N4O3/c1-16-7-10-21(11-8-16)31-27-26(19(4)30-31)17(2)22(18(3)28-27)12-14-25(32)29-20-9-13-23(33-5)24(15-20)34-6/h7-11,13,15H,12,14H2,1-6H3,(H,29,32). The van der Waals surface area contributed by atoms with Crippen molar-refractivity contribution in [2.45, 2.75) is 40.5 Å². The molecule has 0 fully saturated rings. The van der Waals surface area contributed by atoms with Gasteiger partial charge in [0.25, 0.3) is 0 Å². The maximum Gasteiger partial charge on any atom is 0.224 e. The number of nitrogens with zero attached hydrogens (tertiary/aromatic N) is 3. The maximum atomic E-state index is 12.7. The number of nitrogens with one attached hydrogen (secondary N) is 1. The third-order valence-electron chi connectivity index (χ3n) is 6.12. The quantitative estimate of drug-likeness (QED) is 0.410. The second-order valence-electron chi connectivity index (χ2n) is 8.45.